The van der Waals surface area contributed by atoms with Gasteiger partial charge in [0.25, 0.3) is 0 Å². The van der Waals surface area contributed by atoms with Crippen LogP contribution in [-0.4, -0.2) is 41.1 Å². The van der Waals surface area contributed by atoms with Gasteiger partial charge in [0, 0.05) is 19.6 Å². The summed E-state index contributed by atoms with van der Waals surface area (Å²) in [6.07, 6.45) is -0.126. The smallest absolute Gasteiger partial charge is 0.240 e. The molecule has 1 aliphatic rings. The molecule has 1 amide bonds. The van der Waals surface area contributed by atoms with Crippen LogP contribution in [-0.2, 0) is 11.3 Å². The average molecular weight is 284 g/mol. The van der Waals surface area contributed by atoms with E-state index in [1.54, 1.807) is 4.90 Å². The van der Waals surface area contributed by atoms with Crippen LogP contribution < -0.4 is 5.32 Å². The van der Waals surface area contributed by atoms with Crippen LogP contribution in [0.4, 0.5) is 8.78 Å². The molecule has 1 aromatic carbocycles. The number of benzene rings is 1. The van der Waals surface area contributed by atoms with Gasteiger partial charge >= 0.3 is 0 Å². The van der Waals surface area contributed by atoms with E-state index in [1.165, 1.54) is 6.07 Å². The van der Waals surface area contributed by atoms with E-state index >= 15 is 0 Å². The lowest BCUT2D eigenvalue weighted by atomic mass is 10.1. The first kappa shape index (κ1) is 14.9. The van der Waals surface area contributed by atoms with E-state index in [9.17, 15) is 18.7 Å². The Morgan fingerprint density at radius 3 is 2.75 bits per heavy atom. The summed E-state index contributed by atoms with van der Waals surface area (Å²) in [4.78, 5) is 13.8. The molecule has 6 heteroatoms. The van der Waals surface area contributed by atoms with E-state index in [0.717, 1.165) is 12.1 Å². The van der Waals surface area contributed by atoms with E-state index in [4.69, 9.17) is 0 Å². The number of β-amino-alcohol motifs (C(OH)–C–C–N with tert-alkyl or cyclic N) is 1. The number of nitrogens with zero attached hydrogens (tertiary/aromatic N) is 1. The largest absolute Gasteiger partial charge is 0.392 e. The number of hydrogen-bond donors (Lipinski definition) is 2. The zero-order valence-electron chi connectivity index (χ0n) is 11.3. The highest BCUT2D eigenvalue weighted by Crippen LogP contribution is 2.14. The predicted molar refractivity (Wildman–Crippen MR) is 69.9 cm³/mol. The van der Waals surface area contributed by atoms with Crippen molar-refractivity contribution in [2.45, 2.75) is 32.0 Å². The Balaban J connectivity index is 2.04. The molecule has 1 aliphatic heterocycles. The molecule has 0 radical (unpaired) electrons. The minimum Gasteiger partial charge on any atom is -0.392 e. The minimum absolute atomic E-state index is 0.131. The van der Waals surface area contributed by atoms with Crippen LogP contribution in [0.5, 0.6) is 0 Å². The monoisotopic (exact) mass is 284 g/mol. The van der Waals surface area contributed by atoms with E-state index in [2.05, 4.69) is 5.32 Å². The fraction of sp³-hybridized carbons (Fsp3) is 0.500. The molecule has 1 heterocycles. The summed E-state index contributed by atoms with van der Waals surface area (Å²) in [6, 6.07) is 3.21. The molecule has 0 spiro atoms. The number of carbonyl (C=O) groups is 1. The molecule has 2 unspecified atom stereocenters. The Morgan fingerprint density at radius 2 is 2.20 bits per heavy atom. The topological polar surface area (TPSA) is 52.6 Å². The first-order chi connectivity index (χ1) is 9.51. The van der Waals surface area contributed by atoms with E-state index < -0.39 is 23.8 Å². The lowest BCUT2D eigenvalue weighted by molar-refractivity contribution is -0.133. The van der Waals surface area contributed by atoms with Gasteiger partial charge in [0.1, 0.15) is 0 Å². The van der Waals surface area contributed by atoms with Crippen molar-refractivity contribution in [3.05, 3.63) is 35.4 Å². The standard InChI is InChI=1S/C14H18F2N2O2/c1-2-18(14(20)13-6-10(19)7-17-13)8-9-3-4-11(15)12(16)5-9/h3-5,10,13,17,19H,2,6-8H2,1H3. The first-order valence-corrected chi connectivity index (χ1v) is 6.65. The molecule has 2 atom stereocenters. The minimum atomic E-state index is -0.916. The Bertz CT molecular complexity index is 496. The highest BCUT2D eigenvalue weighted by atomic mass is 19.2. The zero-order valence-corrected chi connectivity index (χ0v) is 11.3. The molecule has 0 bridgehead atoms. The number of aliphatic hydroxyl groups excluding tert-OH is 1. The summed E-state index contributed by atoms with van der Waals surface area (Å²) in [6.45, 7) is 2.91. The van der Waals surface area contributed by atoms with Crippen molar-refractivity contribution in [3.8, 4) is 0 Å². The number of amides is 1. The Kier molecular flexibility index (Phi) is 4.67. The molecule has 1 aromatic rings. The van der Waals surface area contributed by atoms with Gasteiger partial charge in [0.05, 0.1) is 12.1 Å². The lowest BCUT2D eigenvalue weighted by Crippen LogP contribution is -2.43. The van der Waals surface area contributed by atoms with Crippen molar-refractivity contribution in [2.24, 2.45) is 0 Å². The average Bonchev–Trinajstić information content (AvgIpc) is 2.86. The second kappa shape index (κ2) is 6.28. The summed E-state index contributed by atoms with van der Waals surface area (Å²) >= 11 is 0. The van der Waals surface area contributed by atoms with E-state index in [1.807, 2.05) is 6.92 Å². The molecule has 20 heavy (non-hydrogen) atoms. The van der Waals surface area contributed by atoms with Crippen molar-refractivity contribution < 1.29 is 18.7 Å². The first-order valence-electron chi connectivity index (χ1n) is 6.65. The van der Waals surface area contributed by atoms with Crippen LogP contribution in [0.2, 0.25) is 0 Å². The van der Waals surface area contributed by atoms with Gasteiger partial charge in [-0.25, -0.2) is 8.78 Å². The summed E-state index contributed by atoms with van der Waals surface area (Å²) in [5.41, 5.74) is 0.539. The number of halogens is 2. The number of aliphatic hydroxyl groups is 1. The molecular weight excluding hydrogens is 266 g/mol. The van der Waals surface area contributed by atoms with Gasteiger partial charge in [-0.05, 0) is 31.0 Å². The second-order valence-corrected chi connectivity index (χ2v) is 4.95. The fourth-order valence-corrected chi connectivity index (χ4v) is 2.33. The van der Waals surface area contributed by atoms with Crippen LogP contribution in [0.15, 0.2) is 18.2 Å². The van der Waals surface area contributed by atoms with Crippen LogP contribution in [0.25, 0.3) is 0 Å². The van der Waals surface area contributed by atoms with Crippen LogP contribution in [0, 0.1) is 11.6 Å². The van der Waals surface area contributed by atoms with Gasteiger partial charge in [-0.3, -0.25) is 4.79 Å². The van der Waals surface area contributed by atoms with Gasteiger partial charge in [-0.1, -0.05) is 6.07 Å². The Labute approximate surface area is 116 Å². The quantitative estimate of drug-likeness (QED) is 0.868. The summed E-state index contributed by atoms with van der Waals surface area (Å²) < 4.78 is 26.0. The van der Waals surface area contributed by atoms with Crippen LogP contribution in [0.1, 0.15) is 18.9 Å². The van der Waals surface area contributed by atoms with Gasteiger partial charge in [-0.15, -0.1) is 0 Å². The maximum absolute atomic E-state index is 13.2. The number of hydrogen-bond acceptors (Lipinski definition) is 3. The number of nitrogens with one attached hydrogen (secondary N) is 1. The van der Waals surface area contributed by atoms with E-state index in [0.29, 0.717) is 25.1 Å². The molecule has 4 nitrogen and oxygen atoms in total. The summed E-state index contributed by atoms with van der Waals surface area (Å²) in [5, 5.41) is 12.4. The Morgan fingerprint density at radius 1 is 1.45 bits per heavy atom. The molecule has 0 aromatic heterocycles. The van der Waals surface area contributed by atoms with Crippen molar-refractivity contribution in [3.63, 3.8) is 0 Å². The van der Waals surface area contributed by atoms with Gasteiger partial charge in [-0.2, -0.15) is 0 Å². The molecular formula is C14H18F2N2O2. The molecule has 1 fully saturated rings. The third-order valence-electron chi connectivity index (χ3n) is 3.46. The molecule has 2 N–H and O–H groups in total. The van der Waals surface area contributed by atoms with Gasteiger partial charge in [0.2, 0.25) is 5.91 Å². The molecule has 0 aliphatic carbocycles. The van der Waals surface area contributed by atoms with Crippen molar-refractivity contribution >= 4 is 5.91 Å². The highest BCUT2D eigenvalue weighted by molar-refractivity contribution is 5.82. The maximum atomic E-state index is 13.2. The van der Waals surface area contributed by atoms with Gasteiger partial charge < -0.3 is 15.3 Å². The summed E-state index contributed by atoms with van der Waals surface area (Å²) in [7, 11) is 0. The van der Waals surface area contributed by atoms with Gasteiger partial charge in [0.15, 0.2) is 11.6 Å². The third kappa shape index (κ3) is 3.32. The highest BCUT2D eigenvalue weighted by Gasteiger charge is 2.30. The van der Waals surface area contributed by atoms with Crippen LogP contribution >= 0.6 is 0 Å². The Hall–Kier alpha value is -1.53. The predicted octanol–water partition coefficient (Wildman–Crippen LogP) is 1.04. The number of carbonyl (C=O) groups excluding carboxylic acids is 1. The normalized spacial score (nSPS) is 22.0. The number of rotatable bonds is 4. The molecule has 1 saturated heterocycles. The fourth-order valence-electron chi connectivity index (χ4n) is 2.33. The SMILES string of the molecule is CCN(Cc1ccc(F)c(F)c1)C(=O)C1CC(O)CN1. The van der Waals surface area contributed by atoms with Crippen LogP contribution in [0.3, 0.4) is 0 Å². The summed E-state index contributed by atoms with van der Waals surface area (Å²) in [5.74, 6) is -1.95. The lowest BCUT2D eigenvalue weighted by Gasteiger charge is -2.24. The molecule has 2 rings (SSSR count). The maximum Gasteiger partial charge on any atom is 0.240 e. The van der Waals surface area contributed by atoms with Crippen molar-refractivity contribution in [2.75, 3.05) is 13.1 Å². The van der Waals surface area contributed by atoms with E-state index in [-0.39, 0.29) is 12.5 Å². The van der Waals surface area contributed by atoms with Crippen molar-refractivity contribution in [1.29, 1.82) is 0 Å². The zero-order chi connectivity index (χ0) is 14.7. The molecule has 110 valence electrons. The number of likely N-dealkylation sites (N-methyl/N-ethyl adjacent to an activating group) is 1. The third-order valence-corrected chi connectivity index (χ3v) is 3.46. The molecule has 0 saturated carbocycles. The second-order valence-electron chi connectivity index (χ2n) is 4.95. The van der Waals surface area contributed by atoms with Crippen molar-refractivity contribution in [1.82, 2.24) is 10.2 Å².